The predicted octanol–water partition coefficient (Wildman–Crippen LogP) is 4.02. The fourth-order valence-electron chi connectivity index (χ4n) is 2.22. The minimum atomic E-state index is -0.558. The Balaban J connectivity index is 2.07. The van der Waals surface area contributed by atoms with Gasteiger partial charge in [0, 0.05) is 11.1 Å². The van der Waals surface area contributed by atoms with Gasteiger partial charge >= 0.3 is 5.97 Å². The van der Waals surface area contributed by atoms with Crippen molar-refractivity contribution in [3.63, 3.8) is 0 Å². The van der Waals surface area contributed by atoms with Crippen molar-refractivity contribution in [1.82, 2.24) is 0 Å². The minimum Gasteiger partial charge on any atom is -0.496 e. The molecule has 1 aromatic heterocycles. The number of carbonyl (C=O) groups excluding carboxylic acids is 2. The molecule has 0 spiro atoms. The van der Waals surface area contributed by atoms with Crippen molar-refractivity contribution < 1.29 is 23.5 Å². The van der Waals surface area contributed by atoms with Gasteiger partial charge in [-0.3, -0.25) is 4.79 Å². The molecule has 6 heteroatoms. The van der Waals surface area contributed by atoms with Crippen LogP contribution >= 0.6 is 15.9 Å². The highest BCUT2D eigenvalue weighted by atomic mass is 79.9. The van der Waals surface area contributed by atoms with Crippen LogP contribution in [0.25, 0.3) is 0 Å². The fraction of sp³-hybridized carbons (Fsp3) is 0.294. The van der Waals surface area contributed by atoms with E-state index in [0.29, 0.717) is 32.9 Å². The number of esters is 1. The number of Topliss-reactive ketones (excluding diaryl/α,β-unsaturated/α-hetero) is 1. The second kappa shape index (κ2) is 7.00. The maximum Gasteiger partial charge on any atom is 0.342 e. The summed E-state index contributed by atoms with van der Waals surface area (Å²) < 4.78 is 16.3. The van der Waals surface area contributed by atoms with E-state index in [2.05, 4.69) is 15.9 Å². The summed E-state index contributed by atoms with van der Waals surface area (Å²) in [6, 6.07) is 4.93. The molecule has 0 amide bonds. The molecule has 0 radical (unpaired) electrons. The Morgan fingerprint density at radius 1 is 1.17 bits per heavy atom. The number of ketones is 1. The first-order valence-electron chi connectivity index (χ1n) is 6.95. The van der Waals surface area contributed by atoms with Gasteiger partial charge in [0.25, 0.3) is 0 Å². The van der Waals surface area contributed by atoms with E-state index in [-0.39, 0.29) is 12.4 Å². The summed E-state index contributed by atoms with van der Waals surface area (Å²) in [4.78, 5) is 24.3. The highest BCUT2D eigenvalue weighted by Crippen LogP contribution is 2.26. The third-order valence-corrected chi connectivity index (χ3v) is 4.19. The van der Waals surface area contributed by atoms with Crippen molar-refractivity contribution in [3.05, 3.63) is 50.9 Å². The van der Waals surface area contributed by atoms with E-state index >= 15 is 0 Å². The Morgan fingerprint density at radius 2 is 1.87 bits per heavy atom. The molecule has 0 saturated heterocycles. The number of furan rings is 1. The van der Waals surface area contributed by atoms with Crippen molar-refractivity contribution in [1.29, 1.82) is 0 Å². The highest BCUT2D eigenvalue weighted by molar-refractivity contribution is 9.10. The van der Waals surface area contributed by atoms with Crippen molar-refractivity contribution in [2.75, 3.05) is 13.7 Å². The number of carbonyl (C=O) groups is 2. The molecule has 122 valence electrons. The van der Waals surface area contributed by atoms with Crippen molar-refractivity contribution in [3.8, 4) is 5.75 Å². The standard InChI is InChI=1S/C17H17BrO5/c1-9-10(2)23-11(3)16(9)17(20)22-8-14(19)12-5-6-15(21-4)13(18)7-12/h5-7H,8H2,1-4H3. The molecule has 0 unspecified atom stereocenters. The SMILES string of the molecule is COc1ccc(C(=O)COC(=O)c2c(C)oc(C)c2C)cc1Br. The molecular formula is C17H17BrO5. The van der Waals surface area contributed by atoms with Crippen LogP contribution in [0, 0.1) is 20.8 Å². The Kier molecular flexibility index (Phi) is 5.26. The predicted molar refractivity (Wildman–Crippen MR) is 88.2 cm³/mol. The van der Waals surface area contributed by atoms with Crippen LogP contribution in [0.5, 0.6) is 5.75 Å². The van der Waals surface area contributed by atoms with Crippen LogP contribution in [0.3, 0.4) is 0 Å². The van der Waals surface area contributed by atoms with E-state index in [4.69, 9.17) is 13.9 Å². The van der Waals surface area contributed by atoms with Gasteiger partial charge in [0.05, 0.1) is 11.6 Å². The number of benzene rings is 1. The molecule has 0 aliphatic rings. The third kappa shape index (κ3) is 3.64. The maximum absolute atomic E-state index is 12.1. The number of halogens is 1. The van der Waals surface area contributed by atoms with Gasteiger partial charge in [0.15, 0.2) is 12.4 Å². The molecular weight excluding hydrogens is 364 g/mol. The molecule has 23 heavy (non-hydrogen) atoms. The zero-order chi connectivity index (χ0) is 17.1. The average Bonchev–Trinajstić information content (AvgIpc) is 2.77. The van der Waals surface area contributed by atoms with Gasteiger partial charge in [0.2, 0.25) is 0 Å². The Hall–Kier alpha value is -2.08. The largest absolute Gasteiger partial charge is 0.496 e. The molecule has 0 saturated carbocycles. The number of hydrogen-bond acceptors (Lipinski definition) is 5. The number of rotatable bonds is 5. The lowest BCUT2D eigenvalue weighted by Gasteiger charge is -2.07. The summed E-state index contributed by atoms with van der Waals surface area (Å²) >= 11 is 3.32. The summed E-state index contributed by atoms with van der Waals surface area (Å²) in [5.41, 5.74) is 1.54. The molecule has 2 aromatic rings. The first-order chi connectivity index (χ1) is 10.8. The van der Waals surface area contributed by atoms with Gasteiger partial charge in [-0.15, -0.1) is 0 Å². The first kappa shape index (κ1) is 17.3. The zero-order valence-corrected chi connectivity index (χ0v) is 14.9. The summed E-state index contributed by atoms with van der Waals surface area (Å²) in [7, 11) is 1.54. The van der Waals surface area contributed by atoms with Crippen LogP contribution in [0.15, 0.2) is 27.1 Å². The van der Waals surface area contributed by atoms with Gasteiger partial charge in [-0.1, -0.05) is 0 Å². The lowest BCUT2D eigenvalue weighted by Crippen LogP contribution is -2.15. The summed E-state index contributed by atoms with van der Waals surface area (Å²) in [5.74, 6) is 0.929. The van der Waals surface area contributed by atoms with Gasteiger partial charge in [-0.2, -0.15) is 0 Å². The second-order valence-corrected chi connectivity index (χ2v) is 5.92. The molecule has 2 rings (SSSR count). The van der Waals surface area contributed by atoms with E-state index in [1.807, 2.05) is 0 Å². The molecule has 0 aliphatic carbocycles. The summed E-state index contributed by atoms with van der Waals surface area (Å²) in [5, 5.41) is 0. The molecule has 1 heterocycles. The van der Waals surface area contributed by atoms with Crippen LogP contribution in [0.2, 0.25) is 0 Å². The maximum atomic E-state index is 12.1. The fourth-order valence-corrected chi connectivity index (χ4v) is 2.76. The van der Waals surface area contributed by atoms with Gasteiger partial charge in [-0.25, -0.2) is 4.79 Å². The molecule has 0 fully saturated rings. The number of ether oxygens (including phenoxy) is 2. The zero-order valence-electron chi connectivity index (χ0n) is 13.4. The lowest BCUT2D eigenvalue weighted by atomic mass is 10.1. The smallest absolute Gasteiger partial charge is 0.342 e. The van der Waals surface area contributed by atoms with Crippen LogP contribution in [-0.2, 0) is 4.74 Å². The monoisotopic (exact) mass is 380 g/mol. The molecule has 0 N–H and O–H groups in total. The normalized spacial score (nSPS) is 10.5. The van der Waals surface area contributed by atoms with E-state index < -0.39 is 5.97 Å². The summed E-state index contributed by atoms with van der Waals surface area (Å²) in [6.07, 6.45) is 0. The van der Waals surface area contributed by atoms with Crippen LogP contribution in [0.1, 0.15) is 37.8 Å². The average molecular weight is 381 g/mol. The van der Waals surface area contributed by atoms with Crippen molar-refractivity contribution in [2.24, 2.45) is 0 Å². The Labute approximate surface area is 142 Å². The van der Waals surface area contributed by atoms with Crippen molar-refractivity contribution in [2.45, 2.75) is 20.8 Å². The number of hydrogen-bond donors (Lipinski definition) is 0. The van der Waals surface area contributed by atoms with Gasteiger partial charge in [0.1, 0.15) is 22.8 Å². The third-order valence-electron chi connectivity index (χ3n) is 3.57. The molecule has 0 atom stereocenters. The summed E-state index contributed by atoms with van der Waals surface area (Å²) in [6.45, 7) is 4.92. The van der Waals surface area contributed by atoms with Gasteiger partial charge < -0.3 is 13.9 Å². The topological polar surface area (TPSA) is 65.7 Å². The van der Waals surface area contributed by atoms with E-state index in [0.717, 1.165) is 5.56 Å². The first-order valence-corrected chi connectivity index (χ1v) is 7.75. The Morgan fingerprint density at radius 3 is 2.39 bits per heavy atom. The molecule has 0 aliphatic heterocycles. The minimum absolute atomic E-state index is 0.294. The van der Waals surface area contributed by atoms with E-state index in [9.17, 15) is 9.59 Å². The van der Waals surface area contributed by atoms with Crippen molar-refractivity contribution >= 4 is 27.7 Å². The van der Waals surface area contributed by atoms with Crippen LogP contribution < -0.4 is 4.74 Å². The van der Waals surface area contributed by atoms with Crippen LogP contribution in [-0.4, -0.2) is 25.5 Å². The number of aryl methyl sites for hydroxylation is 2. The molecule has 5 nitrogen and oxygen atoms in total. The number of methoxy groups -OCH3 is 1. The molecule has 1 aromatic carbocycles. The second-order valence-electron chi connectivity index (χ2n) is 5.06. The lowest BCUT2D eigenvalue weighted by molar-refractivity contribution is 0.0472. The Bertz CT molecular complexity index is 761. The molecule has 0 bridgehead atoms. The van der Waals surface area contributed by atoms with Crippen LogP contribution in [0.4, 0.5) is 0 Å². The van der Waals surface area contributed by atoms with E-state index in [1.54, 1.807) is 46.1 Å². The van der Waals surface area contributed by atoms with E-state index in [1.165, 1.54) is 0 Å². The quantitative estimate of drug-likeness (QED) is 0.578. The van der Waals surface area contributed by atoms with Gasteiger partial charge in [-0.05, 0) is 54.9 Å². The highest BCUT2D eigenvalue weighted by Gasteiger charge is 2.21.